The Hall–Kier alpha value is -3.46. The molecule has 9 heteroatoms. The smallest absolute Gasteiger partial charge is 0.289 e. The van der Waals surface area contributed by atoms with Crippen LogP contribution in [0.5, 0.6) is 0 Å². The van der Waals surface area contributed by atoms with Gasteiger partial charge in [0.2, 0.25) is 5.95 Å². The number of carbonyl (C=O) groups is 1. The van der Waals surface area contributed by atoms with Gasteiger partial charge in [-0.3, -0.25) is 4.79 Å². The fourth-order valence-corrected chi connectivity index (χ4v) is 3.93. The van der Waals surface area contributed by atoms with Gasteiger partial charge < -0.3 is 19.0 Å². The van der Waals surface area contributed by atoms with Crippen molar-refractivity contribution >= 4 is 28.4 Å². The summed E-state index contributed by atoms with van der Waals surface area (Å²) in [6.07, 6.45) is 2.35. The molecule has 4 aromatic rings. The van der Waals surface area contributed by atoms with Crippen molar-refractivity contribution < 1.29 is 13.9 Å². The summed E-state index contributed by atoms with van der Waals surface area (Å²) in [7, 11) is 1.64. The number of rotatable bonds is 4. The van der Waals surface area contributed by atoms with Crippen LogP contribution in [0.3, 0.4) is 0 Å². The van der Waals surface area contributed by atoms with Crippen LogP contribution in [0.1, 0.15) is 22.8 Å². The summed E-state index contributed by atoms with van der Waals surface area (Å²) in [4.78, 5) is 21.7. The number of ether oxygens (including phenoxy) is 1. The van der Waals surface area contributed by atoms with Crippen molar-refractivity contribution in [2.45, 2.75) is 13.0 Å². The molecule has 3 aromatic heterocycles. The standard InChI is InChI=1S/C21H22N6O3/c1-29-14-18-23-24-19-15-6-2-3-7-16(15)22-21(27(18)19)26-10-5-9-25(11-12-26)20(28)17-8-4-13-30-17/h2-4,6-8,13H,5,9-12,14H2,1H3. The Bertz CT molecular complexity index is 1190. The number of aromatic nitrogens is 4. The van der Waals surface area contributed by atoms with Gasteiger partial charge in [-0.2, -0.15) is 0 Å². The Labute approximate surface area is 172 Å². The lowest BCUT2D eigenvalue weighted by Crippen LogP contribution is -2.35. The van der Waals surface area contributed by atoms with Crippen LogP contribution in [0.25, 0.3) is 16.6 Å². The number of carbonyl (C=O) groups excluding carboxylic acids is 1. The zero-order valence-corrected chi connectivity index (χ0v) is 16.7. The zero-order valence-electron chi connectivity index (χ0n) is 16.7. The number of benzene rings is 1. The summed E-state index contributed by atoms with van der Waals surface area (Å²) in [6, 6.07) is 11.4. The second-order valence-electron chi connectivity index (χ2n) is 7.25. The zero-order chi connectivity index (χ0) is 20.5. The molecule has 0 spiro atoms. The van der Waals surface area contributed by atoms with Crippen LogP contribution in [-0.2, 0) is 11.3 Å². The summed E-state index contributed by atoms with van der Waals surface area (Å²) in [6.45, 7) is 3.01. The van der Waals surface area contributed by atoms with Crippen molar-refractivity contribution in [3.8, 4) is 0 Å². The van der Waals surface area contributed by atoms with Crippen molar-refractivity contribution in [1.82, 2.24) is 24.5 Å². The second kappa shape index (κ2) is 7.75. The third-order valence-corrected chi connectivity index (χ3v) is 5.37. The first-order chi connectivity index (χ1) is 14.8. The Morgan fingerprint density at radius 2 is 2.00 bits per heavy atom. The predicted octanol–water partition coefficient (Wildman–Crippen LogP) is 2.37. The number of hydrogen-bond donors (Lipinski definition) is 0. The first-order valence-corrected chi connectivity index (χ1v) is 9.95. The SMILES string of the molecule is COCc1nnc2c3ccccc3nc(N3CCCN(C(=O)c4ccco4)CC3)n12. The van der Waals surface area contributed by atoms with Gasteiger partial charge in [0.15, 0.2) is 17.2 Å². The van der Waals surface area contributed by atoms with E-state index in [4.69, 9.17) is 14.1 Å². The van der Waals surface area contributed by atoms with Gasteiger partial charge in [-0.25, -0.2) is 9.38 Å². The largest absolute Gasteiger partial charge is 0.459 e. The molecule has 1 aliphatic rings. The van der Waals surface area contributed by atoms with E-state index in [2.05, 4.69) is 15.1 Å². The Morgan fingerprint density at radius 3 is 2.83 bits per heavy atom. The quantitative estimate of drug-likeness (QED) is 0.514. The minimum Gasteiger partial charge on any atom is -0.459 e. The van der Waals surface area contributed by atoms with Gasteiger partial charge in [-0.15, -0.1) is 10.2 Å². The fraction of sp³-hybridized carbons (Fsp3) is 0.333. The fourth-order valence-electron chi connectivity index (χ4n) is 3.93. The maximum absolute atomic E-state index is 12.7. The molecule has 9 nitrogen and oxygen atoms in total. The Morgan fingerprint density at radius 1 is 1.10 bits per heavy atom. The highest BCUT2D eigenvalue weighted by Gasteiger charge is 2.25. The molecule has 0 bridgehead atoms. The average Bonchev–Trinajstić information content (AvgIpc) is 3.39. The molecule has 0 aliphatic carbocycles. The molecule has 30 heavy (non-hydrogen) atoms. The number of fused-ring (bicyclic) bond motifs is 3. The van der Waals surface area contributed by atoms with Crippen LogP contribution in [0, 0.1) is 0 Å². The topological polar surface area (TPSA) is 89.0 Å². The van der Waals surface area contributed by atoms with Crippen molar-refractivity contribution in [1.29, 1.82) is 0 Å². The molecular formula is C21H22N6O3. The van der Waals surface area contributed by atoms with Gasteiger partial charge in [0.25, 0.3) is 5.91 Å². The van der Waals surface area contributed by atoms with Crippen LogP contribution in [-0.4, -0.2) is 63.7 Å². The summed E-state index contributed by atoms with van der Waals surface area (Å²) in [5, 5.41) is 9.69. The summed E-state index contributed by atoms with van der Waals surface area (Å²) in [5.41, 5.74) is 1.62. The van der Waals surface area contributed by atoms with Crippen LogP contribution in [0.4, 0.5) is 5.95 Å². The van der Waals surface area contributed by atoms with Gasteiger partial charge in [-0.1, -0.05) is 12.1 Å². The van der Waals surface area contributed by atoms with Crippen LogP contribution < -0.4 is 4.90 Å². The Balaban J connectivity index is 1.52. The van der Waals surface area contributed by atoms with Gasteiger partial charge in [0.05, 0.1) is 11.8 Å². The monoisotopic (exact) mass is 406 g/mol. The maximum atomic E-state index is 12.7. The molecule has 1 fully saturated rings. The van der Waals surface area contributed by atoms with Gasteiger partial charge in [0.1, 0.15) is 6.61 Å². The number of furan rings is 1. The number of anilines is 1. The van der Waals surface area contributed by atoms with E-state index in [9.17, 15) is 4.79 Å². The van der Waals surface area contributed by atoms with Crippen molar-refractivity contribution in [2.75, 3.05) is 38.2 Å². The molecule has 1 amide bonds. The molecule has 4 heterocycles. The average molecular weight is 406 g/mol. The van der Waals surface area contributed by atoms with Crippen molar-refractivity contribution in [3.63, 3.8) is 0 Å². The molecule has 5 rings (SSSR count). The first-order valence-electron chi connectivity index (χ1n) is 9.95. The van der Waals surface area contributed by atoms with E-state index < -0.39 is 0 Å². The van der Waals surface area contributed by atoms with Crippen LogP contribution >= 0.6 is 0 Å². The van der Waals surface area contributed by atoms with E-state index in [1.165, 1.54) is 6.26 Å². The number of methoxy groups -OCH3 is 1. The summed E-state index contributed by atoms with van der Waals surface area (Å²) >= 11 is 0. The molecule has 0 unspecified atom stereocenters. The van der Waals surface area contributed by atoms with Crippen molar-refractivity contribution in [2.24, 2.45) is 0 Å². The van der Waals surface area contributed by atoms with Crippen LogP contribution in [0.15, 0.2) is 47.1 Å². The number of hydrogen-bond acceptors (Lipinski definition) is 7. The summed E-state index contributed by atoms with van der Waals surface area (Å²) < 4.78 is 12.6. The third kappa shape index (κ3) is 3.17. The molecule has 1 aliphatic heterocycles. The molecule has 154 valence electrons. The third-order valence-electron chi connectivity index (χ3n) is 5.37. The molecule has 1 aromatic carbocycles. The second-order valence-corrected chi connectivity index (χ2v) is 7.25. The van der Waals surface area contributed by atoms with Gasteiger partial charge >= 0.3 is 0 Å². The highest BCUT2D eigenvalue weighted by Crippen LogP contribution is 2.25. The molecular weight excluding hydrogens is 384 g/mol. The number of nitrogens with zero attached hydrogens (tertiary/aromatic N) is 6. The summed E-state index contributed by atoms with van der Waals surface area (Å²) in [5.74, 6) is 1.76. The minimum absolute atomic E-state index is 0.0807. The molecule has 0 N–H and O–H groups in total. The van der Waals surface area contributed by atoms with E-state index in [-0.39, 0.29) is 5.91 Å². The highest BCUT2D eigenvalue weighted by molar-refractivity contribution is 5.93. The maximum Gasteiger partial charge on any atom is 0.289 e. The van der Waals surface area contributed by atoms with Crippen molar-refractivity contribution in [3.05, 3.63) is 54.2 Å². The van der Waals surface area contributed by atoms with E-state index in [0.717, 1.165) is 35.5 Å². The molecule has 1 saturated heterocycles. The molecule has 0 radical (unpaired) electrons. The van der Waals surface area contributed by atoms with E-state index in [1.54, 1.807) is 19.2 Å². The lowest BCUT2D eigenvalue weighted by atomic mass is 10.2. The van der Waals surface area contributed by atoms with Gasteiger partial charge in [-0.05, 0) is 30.7 Å². The van der Waals surface area contributed by atoms with E-state index in [1.807, 2.05) is 33.6 Å². The lowest BCUT2D eigenvalue weighted by molar-refractivity contribution is 0.0735. The highest BCUT2D eigenvalue weighted by atomic mass is 16.5. The van der Waals surface area contributed by atoms with Crippen LogP contribution in [0.2, 0.25) is 0 Å². The first kappa shape index (κ1) is 18.6. The lowest BCUT2D eigenvalue weighted by Gasteiger charge is -2.24. The minimum atomic E-state index is -0.0807. The van der Waals surface area contributed by atoms with E-state index >= 15 is 0 Å². The van der Waals surface area contributed by atoms with E-state index in [0.29, 0.717) is 37.8 Å². The number of para-hydroxylation sites is 1. The predicted molar refractivity (Wildman–Crippen MR) is 110 cm³/mol. The molecule has 0 atom stereocenters. The Kier molecular flexibility index (Phi) is 4.80. The number of amides is 1. The normalized spacial score (nSPS) is 15.1. The van der Waals surface area contributed by atoms with Gasteiger partial charge in [0, 0.05) is 38.7 Å². The molecule has 0 saturated carbocycles.